The van der Waals surface area contributed by atoms with Gasteiger partial charge < -0.3 is 15.8 Å². The molecule has 0 bridgehead atoms. The Hall–Kier alpha value is -1.92. The molecule has 0 aromatic carbocycles. The predicted octanol–water partition coefficient (Wildman–Crippen LogP) is 1.57. The van der Waals surface area contributed by atoms with Gasteiger partial charge in [-0.25, -0.2) is 13.8 Å². The third-order valence-corrected chi connectivity index (χ3v) is 2.58. The first-order valence-electron chi connectivity index (χ1n) is 5.53. The third-order valence-electron chi connectivity index (χ3n) is 2.58. The monoisotopic (exact) mass is 258 g/mol. The molecule has 0 aliphatic rings. The summed E-state index contributed by atoms with van der Waals surface area (Å²) in [4.78, 5) is 5.31. The Kier molecular flexibility index (Phi) is 4.82. The van der Waals surface area contributed by atoms with Crippen molar-refractivity contribution >= 4 is 11.7 Å². The van der Waals surface area contributed by atoms with Gasteiger partial charge in [-0.05, 0) is 6.92 Å². The topological polar surface area (TPSA) is 74.7 Å². The van der Waals surface area contributed by atoms with E-state index in [1.165, 1.54) is 0 Å². The molecule has 18 heavy (non-hydrogen) atoms. The van der Waals surface area contributed by atoms with Crippen molar-refractivity contribution < 1.29 is 14.0 Å². The second-order valence-corrected chi connectivity index (χ2v) is 3.92. The highest BCUT2D eigenvalue weighted by molar-refractivity contribution is 5.82. The summed E-state index contributed by atoms with van der Waals surface area (Å²) in [5, 5.41) is 11.5. The quantitative estimate of drug-likeness (QED) is 0.364. The van der Waals surface area contributed by atoms with Gasteiger partial charge in [0.25, 0.3) is 0 Å². The summed E-state index contributed by atoms with van der Waals surface area (Å²) >= 11 is 0. The highest BCUT2D eigenvalue weighted by Crippen LogP contribution is 2.17. The highest BCUT2D eigenvalue weighted by atomic mass is 19.1. The zero-order valence-corrected chi connectivity index (χ0v) is 10.3. The number of nitrogens with two attached hydrogens (primary N) is 1. The van der Waals surface area contributed by atoms with Gasteiger partial charge in [0.05, 0.1) is 6.20 Å². The van der Waals surface area contributed by atoms with Crippen molar-refractivity contribution in [1.29, 1.82) is 0 Å². The van der Waals surface area contributed by atoms with Gasteiger partial charge in [0.15, 0.2) is 11.6 Å². The Morgan fingerprint density at radius 1 is 1.61 bits per heavy atom. The number of pyridine rings is 1. The van der Waals surface area contributed by atoms with E-state index in [9.17, 15) is 8.78 Å². The Labute approximate surface area is 104 Å². The van der Waals surface area contributed by atoms with Crippen molar-refractivity contribution in [3.05, 3.63) is 23.9 Å². The van der Waals surface area contributed by atoms with Crippen LogP contribution in [0.15, 0.2) is 17.4 Å². The third kappa shape index (κ3) is 3.28. The Morgan fingerprint density at radius 2 is 2.28 bits per heavy atom. The smallest absolute Gasteiger partial charge is 0.168 e. The van der Waals surface area contributed by atoms with Gasteiger partial charge in [0, 0.05) is 25.1 Å². The van der Waals surface area contributed by atoms with Crippen LogP contribution in [-0.4, -0.2) is 29.1 Å². The molecule has 100 valence electrons. The normalized spacial score (nSPS) is 13.4. The van der Waals surface area contributed by atoms with Crippen molar-refractivity contribution in [2.75, 3.05) is 18.0 Å². The minimum atomic E-state index is -0.733. The summed E-state index contributed by atoms with van der Waals surface area (Å²) in [6.45, 7) is 4.34. The van der Waals surface area contributed by atoms with Gasteiger partial charge in [0.1, 0.15) is 11.7 Å². The van der Waals surface area contributed by atoms with E-state index in [1.807, 2.05) is 6.92 Å². The van der Waals surface area contributed by atoms with Gasteiger partial charge in [-0.3, -0.25) is 0 Å². The summed E-state index contributed by atoms with van der Waals surface area (Å²) in [5.74, 6) is -1.63. The average molecular weight is 258 g/mol. The molecule has 5 nitrogen and oxygen atoms in total. The van der Waals surface area contributed by atoms with Gasteiger partial charge >= 0.3 is 0 Å². The summed E-state index contributed by atoms with van der Waals surface area (Å²) in [7, 11) is 0. The Bertz CT molecular complexity index is 439. The van der Waals surface area contributed by atoms with Crippen LogP contribution in [0, 0.1) is 17.6 Å². The first-order valence-corrected chi connectivity index (χ1v) is 5.53. The molecule has 1 aromatic rings. The summed E-state index contributed by atoms with van der Waals surface area (Å²) in [5.41, 5.74) is 5.46. The molecular formula is C11H16F2N4O. The minimum Gasteiger partial charge on any atom is -0.409 e. The molecule has 0 aliphatic carbocycles. The number of aromatic nitrogens is 1. The van der Waals surface area contributed by atoms with E-state index in [-0.39, 0.29) is 17.6 Å². The van der Waals surface area contributed by atoms with E-state index in [0.29, 0.717) is 13.1 Å². The van der Waals surface area contributed by atoms with Crippen LogP contribution < -0.4 is 10.6 Å². The molecule has 0 aliphatic heterocycles. The van der Waals surface area contributed by atoms with Crippen LogP contribution in [0.1, 0.15) is 13.8 Å². The largest absolute Gasteiger partial charge is 0.409 e. The molecule has 0 amide bonds. The number of anilines is 1. The molecule has 0 fully saturated rings. The van der Waals surface area contributed by atoms with E-state index in [0.717, 1.165) is 12.3 Å². The maximum atomic E-state index is 13.6. The molecule has 0 radical (unpaired) electrons. The average Bonchev–Trinajstić information content (AvgIpc) is 2.35. The Morgan fingerprint density at radius 3 is 2.78 bits per heavy atom. The van der Waals surface area contributed by atoms with Crippen LogP contribution in [0.5, 0.6) is 0 Å². The van der Waals surface area contributed by atoms with Gasteiger partial charge in [-0.1, -0.05) is 12.1 Å². The second kappa shape index (κ2) is 6.13. The van der Waals surface area contributed by atoms with Crippen molar-refractivity contribution in [1.82, 2.24) is 4.98 Å². The van der Waals surface area contributed by atoms with E-state index < -0.39 is 11.6 Å². The number of hydrogen-bond donors (Lipinski definition) is 2. The second-order valence-electron chi connectivity index (χ2n) is 3.92. The van der Waals surface area contributed by atoms with Crippen LogP contribution in [0.25, 0.3) is 0 Å². The fraction of sp³-hybridized carbons (Fsp3) is 0.455. The minimum absolute atomic E-state index is 0.0518. The van der Waals surface area contributed by atoms with Crippen LogP contribution in [0.3, 0.4) is 0 Å². The standard InChI is InChI=1S/C11H16F2N4O/c1-3-17(6-7(2)10(14)16-18)11-9(13)4-8(12)5-15-11/h4-5,7,18H,3,6H2,1-2H3,(H2,14,16). The summed E-state index contributed by atoms with van der Waals surface area (Å²) in [6, 6.07) is 0.777. The molecule has 1 heterocycles. The van der Waals surface area contributed by atoms with Gasteiger partial charge in [0.2, 0.25) is 0 Å². The maximum Gasteiger partial charge on any atom is 0.168 e. The lowest BCUT2D eigenvalue weighted by Crippen LogP contribution is -2.35. The van der Waals surface area contributed by atoms with Crippen molar-refractivity contribution in [2.24, 2.45) is 16.8 Å². The van der Waals surface area contributed by atoms with E-state index >= 15 is 0 Å². The molecule has 0 saturated carbocycles. The first kappa shape index (κ1) is 14.1. The number of rotatable bonds is 5. The lowest BCUT2D eigenvalue weighted by molar-refractivity contribution is 0.314. The van der Waals surface area contributed by atoms with Gasteiger partial charge in [-0.15, -0.1) is 0 Å². The molecule has 1 unspecified atom stereocenters. The predicted molar refractivity (Wildman–Crippen MR) is 64.6 cm³/mol. The van der Waals surface area contributed by atoms with Crippen LogP contribution in [0.4, 0.5) is 14.6 Å². The molecule has 7 heteroatoms. The lowest BCUT2D eigenvalue weighted by atomic mass is 10.1. The molecule has 0 saturated heterocycles. The lowest BCUT2D eigenvalue weighted by Gasteiger charge is -2.25. The van der Waals surface area contributed by atoms with E-state index in [1.54, 1.807) is 11.8 Å². The molecule has 0 spiro atoms. The van der Waals surface area contributed by atoms with Crippen molar-refractivity contribution in [3.8, 4) is 0 Å². The van der Waals surface area contributed by atoms with Gasteiger partial charge in [-0.2, -0.15) is 0 Å². The fourth-order valence-electron chi connectivity index (χ4n) is 1.53. The zero-order valence-electron chi connectivity index (χ0n) is 10.3. The summed E-state index contributed by atoms with van der Waals surface area (Å²) < 4.78 is 26.3. The number of oxime groups is 1. The van der Waals surface area contributed by atoms with Crippen LogP contribution in [0.2, 0.25) is 0 Å². The SMILES string of the molecule is CCN(CC(C)C(N)=NO)c1ncc(F)cc1F. The zero-order chi connectivity index (χ0) is 13.7. The van der Waals surface area contributed by atoms with Crippen molar-refractivity contribution in [3.63, 3.8) is 0 Å². The summed E-state index contributed by atoms with van der Waals surface area (Å²) in [6.07, 6.45) is 0.954. The molecular weight excluding hydrogens is 242 g/mol. The molecule has 1 atom stereocenters. The number of hydrogen-bond acceptors (Lipinski definition) is 4. The fourth-order valence-corrected chi connectivity index (χ4v) is 1.53. The van der Waals surface area contributed by atoms with E-state index in [2.05, 4.69) is 10.1 Å². The molecule has 1 aromatic heterocycles. The van der Waals surface area contributed by atoms with Crippen molar-refractivity contribution in [2.45, 2.75) is 13.8 Å². The molecule has 1 rings (SSSR count). The van der Waals surface area contributed by atoms with Crippen LogP contribution in [-0.2, 0) is 0 Å². The maximum absolute atomic E-state index is 13.6. The van der Waals surface area contributed by atoms with Crippen LogP contribution >= 0.6 is 0 Å². The highest BCUT2D eigenvalue weighted by Gasteiger charge is 2.17. The molecule has 3 N–H and O–H groups in total. The Balaban J connectivity index is 2.89. The first-order chi connectivity index (χ1) is 8.49. The number of halogens is 2. The number of nitrogens with zero attached hydrogens (tertiary/aromatic N) is 3. The number of amidine groups is 1. The van der Waals surface area contributed by atoms with E-state index in [4.69, 9.17) is 10.9 Å².